The molecule has 178 valence electrons. The SMILES string of the molecule is CC#CC(c1ccc(OCc2cccc(C3=CCC4(CC3)OCCO4)c2)cc1)C(CC)C(=O)O. The highest BCUT2D eigenvalue weighted by atomic mass is 16.7. The molecule has 4 rings (SSSR count). The minimum Gasteiger partial charge on any atom is -0.489 e. The van der Waals surface area contributed by atoms with Crippen molar-refractivity contribution >= 4 is 11.5 Å². The van der Waals surface area contributed by atoms with Gasteiger partial charge in [-0.2, -0.15) is 0 Å². The van der Waals surface area contributed by atoms with Crippen LogP contribution in [0, 0.1) is 17.8 Å². The van der Waals surface area contributed by atoms with Gasteiger partial charge >= 0.3 is 5.97 Å². The molecule has 1 heterocycles. The Balaban J connectivity index is 1.40. The van der Waals surface area contributed by atoms with E-state index in [4.69, 9.17) is 14.2 Å². The Morgan fingerprint density at radius 1 is 1.18 bits per heavy atom. The lowest BCUT2D eigenvalue weighted by Gasteiger charge is -2.30. The first-order valence-corrected chi connectivity index (χ1v) is 12.0. The summed E-state index contributed by atoms with van der Waals surface area (Å²) >= 11 is 0. The van der Waals surface area contributed by atoms with E-state index in [1.54, 1.807) is 6.92 Å². The van der Waals surface area contributed by atoms with Crippen LogP contribution in [0.15, 0.2) is 54.6 Å². The van der Waals surface area contributed by atoms with Crippen molar-refractivity contribution in [1.29, 1.82) is 0 Å². The quantitative estimate of drug-likeness (QED) is 0.505. The van der Waals surface area contributed by atoms with Gasteiger partial charge in [-0.05, 0) is 60.2 Å². The Bertz CT molecular complexity index is 1080. The largest absolute Gasteiger partial charge is 0.489 e. The molecule has 0 amide bonds. The van der Waals surface area contributed by atoms with E-state index in [9.17, 15) is 9.90 Å². The molecule has 2 unspecified atom stereocenters. The summed E-state index contributed by atoms with van der Waals surface area (Å²) in [4.78, 5) is 11.6. The zero-order valence-corrected chi connectivity index (χ0v) is 19.9. The van der Waals surface area contributed by atoms with Crippen LogP contribution in [0.2, 0.25) is 0 Å². The number of allylic oxidation sites excluding steroid dienone is 1. The Hall–Kier alpha value is -3.07. The molecule has 1 N–H and O–H groups in total. The van der Waals surface area contributed by atoms with Crippen molar-refractivity contribution in [3.63, 3.8) is 0 Å². The molecule has 2 aromatic rings. The minimum atomic E-state index is -0.818. The molecule has 0 saturated carbocycles. The van der Waals surface area contributed by atoms with Crippen LogP contribution in [-0.2, 0) is 20.9 Å². The summed E-state index contributed by atoms with van der Waals surface area (Å²) in [7, 11) is 0. The number of ether oxygens (including phenoxy) is 3. The van der Waals surface area contributed by atoms with Crippen molar-refractivity contribution in [2.75, 3.05) is 13.2 Å². The lowest BCUT2D eigenvalue weighted by Crippen LogP contribution is -2.31. The van der Waals surface area contributed by atoms with Gasteiger partial charge in [0.15, 0.2) is 5.79 Å². The number of carboxylic acid groups (broad SMARTS) is 1. The van der Waals surface area contributed by atoms with Crippen molar-refractivity contribution in [2.24, 2.45) is 5.92 Å². The van der Waals surface area contributed by atoms with Gasteiger partial charge in [-0.15, -0.1) is 5.92 Å². The maximum atomic E-state index is 11.6. The Morgan fingerprint density at radius 3 is 2.56 bits per heavy atom. The number of carboxylic acids is 1. The minimum absolute atomic E-state index is 0.332. The number of rotatable bonds is 8. The van der Waals surface area contributed by atoms with Crippen molar-refractivity contribution in [2.45, 2.75) is 57.8 Å². The van der Waals surface area contributed by atoms with Crippen LogP contribution in [0.5, 0.6) is 5.75 Å². The molecule has 5 heteroatoms. The highest BCUT2D eigenvalue weighted by molar-refractivity contribution is 5.72. The van der Waals surface area contributed by atoms with Gasteiger partial charge in [0.1, 0.15) is 12.4 Å². The molecule has 1 saturated heterocycles. The summed E-state index contributed by atoms with van der Waals surface area (Å²) in [5.74, 6) is 4.61. The lowest BCUT2D eigenvalue weighted by atomic mass is 9.84. The highest BCUT2D eigenvalue weighted by Crippen LogP contribution is 2.38. The molecule has 2 atom stereocenters. The molecule has 0 aromatic heterocycles. The molecular weight excluding hydrogens is 428 g/mol. The maximum absolute atomic E-state index is 11.6. The molecule has 1 aliphatic carbocycles. The maximum Gasteiger partial charge on any atom is 0.308 e. The van der Waals surface area contributed by atoms with Gasteiger partial charge in [-0.1, -0.05) is 49.3 Å². The van der Waals surface area contributed by atoms with Gasteiger partial charge in [-0.3, -0.25) is 4.79 Å². The molecule has 1 fully saturated rings. The fourth-order valence-corrected chi connectivity index (χ4v) is 4.75. The smallest absolute Gasteiger partial charge is 0.308 e. The van der Waals surface area contributed by atoms with E-state index < -0.39 is 17.7 Å². The number of hydrogen-bond donors (Lipinski definition) is 1. The van der Waals surface area contributed by atoms with Crippen LogP contribution in [-0.4, -0.2) is 30.1 Å². The summed E-state index contributed by atoms with van der Waals surface area (Å²) in [6, 6.07) is 16.1. The van der Waals surface area contributed by atoms with E-state index in [1.165, 1.54) is 11.1 Å². The third kappa shape index (κ3) is 5.52. The molecule has 0 radical (unpaired) electrons. The van der Waals surface area contributed by atoms with Crippen LogP contribution >= 0.6 is 0 Å². The molecule has 1 aliphatic heterocycles. The molecule has 2 aromatic carbocycles. The van der Waals surface area contributed by atoms with E-state index in [0.29, 0.717) is 26.2 Å². The number of aliphatic carboxylic acids is 1. The fraction of sp³-hybridized carbons (Fsp3) is 0.414. The first-order valence-electron chi connectivity index (χ1n) is 12.0. The van der Waals surface area contributed by atoms with E-state index in [2.05, 4.69) is 42.2 Å². The van der Waals surface area contributed by atoms with Crippen molar-refractivity contribution < 1.29 is 24.1 Å². The topological polar surface area (TPSA) is 65.0 Å². The summed E-state index contributed by atoms with van der Waals surface area (Å²) < 4.78 is 17.7. The molecule has 2 aliphatic rings. The first kappa shape index (κ1) is 24.1. The Kier molecular flexibility index (Phi) is 7.72. The van der Waals surface area contributed by atoms with Gasteiger partial charge < -0.3 is 19.3 Å². The number of hydrogen-bond acceptors (Lipinski definition) is 4. The standard InChI is InChI=1S/C29H32O5/c1-3-6-27(26(4-2)28(30)31)23-9-11-25(12-10-23)32-20-21-7-5-8-24(19-21)22-13-15-29(16-14-22)33-17-18-34-29/h5,7-13,19,26-27H,4,14-18,20H2,1-2H3,(H,30,31). The van der Waals surface area contributed by atoms with E-state index >= 15 is 0 Å². The van der Waals surface area contributed by atoms with E-state index in [0.717, 1.165) is 36.1 Å². The molecule has 0 bridgehead atoms. The lowest BCUT2D eigenvalue weighted by molar-refractivity contribution is -0.159. The Morgan fingerprint density at radius 2 is 1.94 bits per heavy atom. The van der Waals surface area contributed by atoms with Crippen LogP contribution < -0.4 is 4.74 Å². The summed E-state index contributed by atoms with van der Waals surface area (Å²) in [5.41, 5.74) is 4.53. The monoisotopic (exact) mass is 460 g/mol. The summed E-state index contributed by atoms with van der Waals surface area (Å²) in [5, 5.41) is 9.56. The third-order valence-corrected chi connectivity index (χ3v) is 6.65. The van der Waals surface area contributed by atoms with Crippen LogP contribution in [0.4, 0.5) is 0 Å². The molecule has 34 heavy (non-hydrogen) atoms. The van der Waals surface area contributed by atoms with Crippen molar-refractivity contribution in [3.05, 3.63) is 71.3 Å². The second-order valence-corrected chi connectivity index (χ2v) is 8.82. The van der Waals surface area contributed by atoms with Crippen LogP contribution in [0.25, 0.3) is 5.57 Å². The third-order valence-electron chi connectivity index (χ3n) is 6.65. The average molecular weight is 461 g/mol. The van der Waals surface area contributed by atoms with Gasteiger partial charge in [0, 0.05) is 12.8 Å². The van der Waals surface area contributed by atoms with Gasteiger partial charge in [0.25, 0.3) is 0 Å². The zero-order valence-electron chi connectivity index (χ0n) is 19.9. The van der Waals surface area contributed by atoms with Gasteiger partial charge in [0.2, 0.25) is 0 Å². The fourth-order valence-electron chi connectivity index (χ4n) is 4.75. The zero-order chi connectivity index (χ0) is 24.0. The normalized spacial score (nSPS) is 18.5. The molecule has 5 nitrogen and oxygen atoms in total. The van der Waals surface area contributed by atoms with Gasteiger partial charge in [-0.25, -0.2) is 0 Å². The second-order valence-electron chi connectivity index (χ2n) is 8.82. The van der Waals surface area contributed by atoms with Crippen molar-refractivity contribution in [3.8, 4) is 17.6 Å². The first-order chi connectivity index (χ1) is 16.5. The predicted molar refractivity (Wildman–Crippen MR) is 131 cm³/mol. The highest BCUT2D eigenvalue weighted by Gasteiger charge is 2.37. The average Bonchev–Trinajstić information content (AvgIpc) is 3.31. The second kappa shape index (κ2) is 10.9. The number of carbonyl (C=O) groups is 1. The van der Waals surface area contributed by atoms with E-state index in [-0.39, 0.29) is 5.92 Å². The summed E-state index contributed by atoms with van der Waals surface area (Å²) in [6.07, 6.45) is 5.38. The Labute approximate surface area is 201 Å². The number of benzene rings is 2. The van der Waals surface area contributed by atoms with Crippen LogP contribution in [0.3, 0.4) is 0 Å². The van der Waals surface area contributed by atoms with Crippen LogP contribution in [0.1, 0.15) is 62.1 Å². The summed E-state index contributed by atoms with van der Waals surface area (Å²) in [6.45, 7) is 5.45. The molecule has 1 spiro atoms. The van der Waals surface area contributed by atoms with Crippen molar-refractivity contribution in [1.82, 2.24) is 0 Å². The molecular formula is C29H32O5. The van der Waals surface area contributed by atoms with Gasteiger partial charge in [0.05, 0.1) is 25.0 Å². The van der Waals surface area contributed by atoms with E-state index in [1.807, 2.05) is 31.2 Å². The predicted octanol–water partition coefficient (Wildman–Crippen LogP) is 5.79.